The van der Waals surface area contributed by atoms with E-state index in [2.05, 4.69) is 0 Å². The Labute approximate surface area is 92.5 Å². The van der Waals surface area contributed by atoms with Crippen LogP contribution >= 0.6 is 0 Å². The van der Waals surface area contributed by atoms with Crippen molar-refractivity contribution >= 4 is 5.76 Å². The molecular weight excluding hydrogens is 217 g/mol. The molecule has 0 spiro atoms. The second kappa shape index (κ2) is 5.05. The molecule has 0 amide bonds. The first-order valence-electron chi connectivity index (χ1n) is 4.96. The predicted molar refractivity (Wildman–Crippen MR) is 56.7 cm³/mol. The maximum absolute atomic E-state index is 12.7. The van der Waals surface area contributed by atoms with E-state index in [1.54, 1.807) is 19.9 Å². The first kappa shape index (κ1) is 12.6. The minimum Gasteiger partial charge on any atom is -0.494 e. The summed E-state index contributed by atoms with van der Waals surface area (Å²) >= 11 is 0. The summed E-state index contributed by atoms with van der Waals surface area (Å²) in [5.74, 6) is 0.260. The van der Waals surface area contributed by atoms with Crippen LogP contribution in [-0.2, 0) is 10.9 Å². The lowest BCUT2D eigenvalue weighted by Crippen LogP contribution is -2.09. The molecule has 0 saturated heterocycles. The first-order valence-corrected chi connectivity index (χ1v) is 4.96. The zero-order chi connectivity index (χ0) is 12.2. The van der Waals surface area contributed by atoms with Crippen LogP contribution in [-0.4, -0.2) is 6.61 Å². The fourth-order valence-electron chi connectivity index (χ4n) is 1.42. The maximum atomic E-state index is 12.7. The third-order valence-electron chi connectivity index (χ3n) is 2.06. The average Bonchev–Trinajstić information content (AvgIpc) is 2.25. The van der Waals surface area contributed by atoms with E-state index in [-0.39, 0.29) is 11.3 Å². The van der Waals surface area contributed by atoms with Crippen LogP contribution in [0.15, 0.2) is 30.3 Å². The molecule has 0 fully saturated rings. The van der Waals surface area contributed by atoms with Crippen LogP contribution < -0.4 is 0 Å². The van der Waals surface area contributed by atoms with Crippen LogP contribution in [0.1, 0.15) is 25.0 Å². The van der Waals surface area contributed by atoms with Gasteiger partial charge >= 0.3 is 6.18 Å². The smallest absolute Gasteiger partial charge is 0.417 e. The van der Waals surface area contributed by atoms with Gasteiger partial charge < -0.3 is 4.74 Å². The number of benzene rings is 1. The van der Waals surface area contributed by atoms with Crippen molar-refractivity contribution in [3.05, 3.63) is 41.5 Å². The Hall–Kier alpha value is -1.45. The molecular formula is C12H13F3O. The van der Waals surface area contributed by atoms with E-state index in [1.165, 1.54) is 18.2 Å². The summed E-state index contributed by atoms with van der Waals surface area (Å²) in [5.41, 5.74) is -0.587. The van der Waals surface area contributed by atoms with Crippen molar-refractivity contribution in [2.45, 2.75) is 20.0 Å². The largest absolute Gasteiger partial charge is 0.494 e. The van der Waals surface area contributed by atoms with E-state index in [0.717, 1.165) is 6.07 Å². The van der Waals surface area contributed by atoms with Gasteiger partial charge in [0.25, 0.3) is 0 Å². The topological polar surface area (TPSA) is 9.23 Å². The number of hydrogen-bond acceptors (Lipinski definition) is 1. The molecule has 0 aliphatic carbocycles. The van der Waals surface area contributed by atoms with E-state index >= 15 is 0 Å². The van der Waals surface area contributed by atoms with Gasteiger partial charge in [-0.05, 0) is 26.0 Å². The number of alkyl halides is 3. The highest BCUT2D eigenvalue weighted by Gasteiger charge is 2.33. The fourth-order valence-corrected chi connectivity index (χ4v) is 1.42. The molecule has 0 heterocycles. The number of ether oxygens (including phenoxy) is 1. The van der Waals surface area contributed by atoms with E-state index in [4.69, 9.17) is 4.74 Å². The molecule has 1 aromatic rings. The Bertz CT molecular complexity index is 380. The van der Waals surface area contributed by atoms with E-state index in [1.807, 2.05) is 0 Å². The monoisotopic (exact) mass is 230 g/mol. The molecule has 0 aliphatic heterocycles. The molecule has 88 valence electrons. The summed E-state index contributed by atoms with van der Waals surface area (Å²) in [6, 6.07) is 5.39. The zero-order valence-corrected chi connectivity index (χ0v) is 9.14. The van der Waals surface area contributed by atoms with Gasteiger partial charge in [-0.1, -0.05) is 18.2 Å². The molecule has 0 aliphatic rings. The summed E-state index contributed by atoms with van der Waals surface area (Å²) in [6.45, 7) is 3.73. The van der Waals surface area contributed by atoms with Gasteiger partial charge in [-0.3, -0.25) is 0 Å². The van der Waals surface area contributed by atoms with Crippen molar-refractivity contribution in [3.8, 4) is 0 Å². The summed E-state index contributed by atoms with van der Waals surface area (Å²) in [4.78, 5) is 0. The molecule has 16 heavy (non-hydrogen) atoms. The normalized spacial score (nSPS) is 12.7. The number of hydrogen-bond donors (Lipinski definition) is 0. The zero-order valence-electron chi connectivity index (χ0n) is 9.14. The van der Waals surface area contributed by atoms with Gasteiger partial charge in [0.05, 0.1) is 12.2 Å². The van der Waals surface area contributed by atoms with Crippen molar-refractivity contribution in [1.29, 1.82) is 0 Å². The highest BCUT2D eigenvalue weighted by atomic mass is 19.4. The molecule has 1 nitrogen and oxygen atoms in total. The van der Waals surface area contributed by atoms with Gasteiger partial charge in [0.1, 0.15) is 5.76 Å². The summed E-state index contributed by atoms with van der Waals surface area (Å²) < 4.78 is 43.3. The van der Waals surface area contributed by atoms with Gasteiger partial charge in [-0.2, -0.15) is 13.2 Å². The molecule has 0 N–H and O–H groups in total. The summed E-state index contributed by atoms with van der Waals surface area (Å²) in [7, 11) is 0. The quantitative estimate of drug-likeness (QED) is 0.710. The predicted octanol–water partition coefficient (Wildman–Crippen LogP) is 4.10. The first-order chi connectivity index (χ1) is 7.50. The SMILES string of the molecule is CC=C(OCC)c1ccccc1C(F)(F)F. The molecule has 1 aromatic carbocycles. The van der Waals surface area contributed by atoms with E-state index < -0.39 is 11.7 Å². The molecule has 0 unspecified atom stereocenters. The molecule has 0 atom stereocenters. The van der Waals surface area contributed by atoms with Crippen molar-refractivity contribution in [3.63, 3.8) is 0 Å². The highest BCUT2D eigenvalue weighted by Crippen LogP contribution is 2.35. The van der Waals surface area contributed by atoms with Crippen LogP contribution in [0.2, 0.25) is 0 Å². The molecule has 0 radical (unpaired) electrons. The Morgan fingerprint density at radius 3 is 2.44 bits per heavy atom. The second-order valence-corrected chi connectivity index (χ2v) is 3.13. The van der Waals surface area contributed by atoms with Crippen LogP contribution in [0.5, 0.6) is 0 Å². The summed E-state index contributed by atoms with van der Waals surface area (Å²) in [6.07, 6.45) is -2.82. The molecule has 4 heteroatoms. The van der Waals surface area contributed by atoms with Crippen LogP contribution in [0.25, 0.3) is 5.76 Å². The third kappa shape index (κ3) is 2.78. The highest BCUT2D eigenvalue weighted by molar-refractivity contribution is 5.63. The Morgan fingerprint density at radius 1 is 1.31 bits per heavy atom. The standard InChI is InChI=1S/C12H13F3O/c1-3-11(16-4-2)9-7-5-6-8-10(9)12(13,14)15/h3,5-8H,4H2,1-2H3. The van der Waals surface area contributed by atoms with Crippen molar-refractivity contribution in [1.82, 2.24) is 0 Å². The van der Waals surface area contributed by atoms with Crippen LogP contribution in [0.4, 0.5) is 13.2 Å². The lowest BCUT2D eigenvalue weighted by molar-refractivity contribution is -0.137. The molecule has 0 aromatic heterocycles. The third-order valence-corrected chi connectivity index (χ3v) is 2.06. The number of allylic oxidation sites excluding steroid dienone is 1. The maximum Gasteiger partial charge on any atom is 0.417 e. The second-order valence-electron chi connectivity index (χ2n) is 3.13. The summed E-state index contributed by atoms with van der Waals surface area (Å²) in [5, 5.41) is 0. The van der Waals surface area contributed by atoms with Crippen LogP contribution in [0.3, 0.4) is 0 Å². The minimum atomic E-state index is -4.36. The van der Waals surface area contributed by atoms with Crippen LogP contribution in [0, 0.1) is 0 Å². The lowest BCUT2D eigenvalue weighted by atomic mass is 10.1. The lowest BCUT2D eigenvalue weighted by Gasteiger charge is -2.15. The van der Waals surface area contributed by atoms with Crippen molar-refractivity contribution in [2.75, 3.05) is 6.61 Å². The number of rotatable bonds is 3. The Balaban J connectivity index is 3.23. The van der Waals surface area contributed by atoms with Gasteiger partial charge in [0.2, 0.25) is 0 Å². The van der Waals surface area contributed by atoms with Crippen molar-refractivity contribution in [2.24, 2.45) is 0 Å². The molecule has 0 saturated carbocycles. The molecule has 0 bridgehead atoms. The van der Waals surface area contributed by atoms with Gasteiger partial charge in [0.15, 0.2) is 0 Å². The van der Waals surface area contributed by atoms with Gasteiger partial charge in [0, 0.05) is 5.56 Å². The minimum absolute atomic E-state index is 0.0827. The van der Waals surface area contributed by atoms with E-state index in [0.29, 0.717) is 6.61 Å². The van der Waals surface area contributed by atoms with E-state index in [9.17, 15) is 13.2 Å². The Morgan fingerprint density at radius 2 is 1.94 bits per heavy atom. The average molecular weight is 230 g/mol. The van der Waals surface area contributed by atoms with Gasteiger partial charge in [-0.25, -0.2) is 0 Å². The van der Waals surface area contributed by atoms with Crippen molar-refractivity contribution < 1.29 is 17.9 Å². The molecule has 1 rings (SSSR count). The fraction of sp³-hybridized carbons (Fsp3) is 0.333. The van der Waals surface area contributed by atoms with Gasteiger partial charge in [-0.15, -0.1) is 0 Å². The number of halogens is 3. The Kier molecular flexibility index (Phi) is 3.99.